The van der Waals surface area contributed by atoms with Gasteiger partial charge in [0.2, 0.25) is 5.95 Å². The first-order valence-electron chi connectivity index (χ1n) is 10.6. The lowest BCUT2D eigenvalue weighted by Crippen LogP contribution is -2.20. The third kappa shape index (κ3) is 5.12. The van der Waals surface area contributed by atoms with Crippen molar-refractivity contribution in [1.82, 2.24) is 14.8 Å². The fourth-order valence-electron chi connectivity index (χ4n) is 3.74. The van der Waals surface area contributed by atoms with Crippen LogP contribution in [0.4, 0.5) is 17.3 Å². The van der Waals surface area contributed by atoms with Gasteiger partial charge in [-0.15, -0.1) is 10.2 Å². The molecule has 0 unspecified atom stereocenters. The van der Waals surface area contributed by atoms with Crippen molar-refractivity contribution in [2.75, 3.05) is 23.3 Å². The summed E-state index contributed by atoms with van der Waals surface area (Å²) in [5.74, 6) is 0.418. The molecule has 1 amide bonds. The van der Waals surface area contributed by atoms with Crippen LogP contribution in [-0.2, 0) is 12.3 Å². The first-order chi connectivity index (χ1) is 16.0. The van der Waals surface area contributed by atoms with E-state index in [4.69, 9.17) is 11.6 Å². The summed E-state index contributed by atoms with van der Waals surface area (Å²) < 4.78 is 1.78. The van der Waals surface area contributed by atoms with Crippen LogP contribution in [0.5, 0.6) is 0 Å². The Hall–Kier alpha value is -3.11. The number of aromatic nitrogens is 3. The Morgan fingerprint density at radius 1 is 1.21 bits per heavy atom. The topological polar surface area (TPSA) is 106 Å². The highest BCUT2D eigenvalue weighted by Crippen LogP contribution is 2.32. The highest BCUT2D eigenvalue weighted by molar-refractivity contribution is 7.98. The number of amides is 1. The molecule has 4 rings (SSSR count). The zero-order chi connectivity index (χ0) is 23.4. The molecule has 1 saturated heterocycles. The van der Waals surface area contributed by atoms with Crippen molar-refractivity contribution in [3.8, 4) is 0 Å². The van der Waals surface area contributed by atoms with E-state index in [1.165, 1.54) is 17.8 Å². The monoisotopic (exact) mass is 486 g/mol. The van der Waals surface area contributed by atoms with Crippen LogP contribution in [0, 0.1) is 10.1 Å². The van der Waals surface area contributed by atoms with Crippen LogP contribution in [-0.4, -0.2) is 38.7 Å². The van der Waals surface area contributed by atoms with Crippen molar-refractivity contribution >= 4 is 46.6 Å². The maximum Gasteiger partial charge on any atom is 0.293 e. The second kappa shape index (κ2) is 10.2. The van der Waals surface area contributed by atoms with E-state index < -0.39 is 10.8 Å². The van der Waals surface area contributed by atoms with Crippen LogP contribution >= 0.6 is 23.4 Å². The lowest BCUT2D eigenvalue weighted by Gasteiger charge is -2.17. The molecule has 11 heteroatoms. The van der Waals surface area contributed by atoms with Crippen LogP contribution in [0.1, 0.15) is 35.7 Å². The number of carbonyl (C=O) groups is 1. The SMILES string of the molecule is CCn1c(NC(=O)c2ccc(N3CCCC3)c([N+](=O)[O-])c2)nnc1SCc1ccccc1Cl. The van der Waals surface area contributed by atoms with E-state index in [1.807, 2.05) is 36.1 Å². The number of hydrogen-bond acceptors (Lipinski definition) is 7. The number of nitrogens with zero attached hydrogens (tertiary/aromatic N) is 5. The summed E-state index contributed by atoms with van der Waals surface area (Å²) in [4.78, 5) is 26.0. The Morgan fingerprint density at radius 2 is 1.97 bits per heavy atom. The number of nitro benzene ring substituents is 1. The molecule has 3 aromatic rings. The van der Waals surface area contributed by atoms with Crippen LogP contribution in [0.2, 0.25) is 5.02 Å². The van der Waals surface area contributed by atoms with E-state index in [-0.39, 0.29) is 17.2 Å². The van der Waals surface area contributed by atoms with Crippen LogP contribution < -0.4 is 10.2 Å². The summed E-state index contributed by atoms with van der Waals surface area (Å²) in [7, 11) is 0. The second-order valence-corrected chi connectivity index (χ2v) is 8.89. The molecule has 0 aliphatic carbocycles. The number of carbonyl (C=O) groups excluding carboxylic acids is 1. The molecule has 1 aliphatic rings. The predicted octanol–water partition coefficient (Wildman–Crippen LogP) is 5.00. The van der Waals surface area contributed by atoms with Gasteiger partial charge in [0.05, 0.1) is 4.92 Å². The van der Waals surface area contributed by atoms with Crippen molar-refractivity contribution in [3.05, 3.63) is 68.7 Å². The normalized spacial score (nSPS) is 13.3. The van der Waals surface area contributed by atoms with Gasteiger partial charge in [-0.3, -0.25) is 24.8 Å². The van der Waals surface area contributed by atoms with Gasteiger partial charge in [-0.25, -0.2) is 0 Å². The quantitative estimate of drug-likeness (QED) is 0.271. The molecule has 0 saturated carbocycles. The molecule has 2 heterocycles. The number of anilines is 2. The van der Waals surface area contributed by atoms with Crippen LogP contribution in [0.3, 0.4) is 0 Å². The first-order valence-corrected chi connectivity index (χ1v) is 12.0. The summed E-state index contributed by atoms with van der Waals surface area (Å²) in [6, 6.07) is 12.2. The maximum atomic E-state index is 12.9. The van der Waals surface area contributed by atoms with Crippen molar-refractivity contribution < 1.29 is 9.72 Å². The van der Waals surface area contributed by atoms with Gasteiger partial charge in [-0.05, 0) is 43.5 Å². The van der Waals surface area contributed by atoms with Gasteiger partial charge in [0.25, 0.3) is 11.6 Å². The molecule has 0 spiro atoms. The summed E-state index contributed by atoms with van der Waals surface area (Å²) in [5.41, 5.74) is 1.65. The molecule has 33 heavy (non-hydrogen) atoms. The van der Waals surface area contributed by atoms with Crippen molar-refractivity contribution in [3.63, 3.8) is 0 Å². The molecule has 1 fully saturated rings. The fraction of sp³-hybridized carbons (Fsp3) is 0.318. The smallest absolute Gasteiger partial charge is 0.293 e. The number of thioether (sulfide) groups is 1. The number of hydrogen-bond donors (Lipinski definition) is 1. The lowest BCUT2D eigenvalue weighted by atomic mass is 10.1. The van der Waals surface area contributed by atoms with E-state index in [0.717, 1.165) is 31.5 Å². The Bertz CT molecular complexity index is 1180. The number of benzene rings is 2. The molecule has 9 nitrogen and oxygen atoms in total. The third-order valence-corrected chi connectivity index (χ3v) is 6.84. The largest absolute Gasteiger partial charge is 0.366 e. The highest BCUT2D eigenvalue weighted by atomic mass is 35.5. The Labute approximate surface area is 200 Å². The van der Waals surface area contributed by atoms with Gasteiger partial charge in [0.15, 0.2) is 5.16 Å². The molecular weight excluding hydrogens is 464 g/mol. The number of halogens is 1. The molecule has 0 atom stereocenters. The van der Waals surface area contributed by atoms with E-state index in [9.17, 15) is 14.9 Å². The Kier molecular flexibility index (Phi) is 7.14. The second-order valence-electron chi connectivity index (χ2n) is 7.54. The number of nitro groups is 1. The zero-order valence-corrected chi connectivity index (χ0v) is 19.6. The van der Waals surface area contributed by atoms with E-state index in [2.05, 4.69) is 15.5 Å². The summed E-state index contributed by atoms with van der Waals surface area (Å²) in [6.45, 7) is 4.02. The number of rotatable bonds is 8. The zero-order valence-electron chi connectivity index (χ0n) is 18.0. The van der Waals surface area contributed by atoms with Gasteiger partial charge in [0.1, 0.15) is 5.69 Å². The summed E-state index contributed by atoms with van der Waals surface area (Å²) >= 11 is 7.69. The minimum Gasteiger partial charge on any atom is -0.366 e. The summed E-state index contributed by atoms with van der Waals surface area (Å²) in [6.07, 6.45) is 2.01. The minimum atomic E-state index is -0.476. The van der Waals surface area contributed by atoms with E-state index in [0.29, 0.717) is 28.2 Å². The average Bonchev–Trinajstić information content (AvgIpc) is 3.48. The Balaban J connectivity index is 1.51. The van der Waals surface area contributed by atoms with Crippen LogP contribution in [0.25, 0.3) is 0 Å². The van der Waals surface area contributed by atoms with E-state index >= 15 is 0 Å². The van der Waals surface area contributed by atoms with Gasteiger partial charge in [0, 0.05) is 42.0 Å². The molecule has 1 aromatic heterocycles. The number of nitrogens with one attached hydrogen (secondary N) is 1. The average molecular weight is 487 g/mol. The van der Waals surface area contributed by atoms with E-state index in [1.54, 1.807) is 16.7 Å². The molecule has 172 valence electrons. The summed E-state index contributed by atoms with van der Waals surface area (Å²) in [5, 5.41) is 24.0. The molecule has 2 aromatic carbocycles. The molecule has 1 aliphatic heterocycles. The molecule has 1 N–H and O–H groups in total. The van der Waals surface area contributed by atoms with Crippen molar-refractivity contribution in [1.29, 1.82) is 0 Å². The van der Waals surface area contributed by atoms with Gasteiger partial charge < -0.3 is 4.90 Å². The Morgan fingerprint density at radius 3 is 2.67 bits per heavy atom. The minimum absolute atomic E-state index is 0.0718. The predicted molar refractivity (Wildman–Crippen MR) is 129 cm³/mol. The standard InChI is InChI=1S/C22H23ClN6O3S/c1-2-28-21(25-26-22(28)33-14-16-7-3-4-8-17(16)23)24-20(30)15-9-10-18(19(13-15)29(31)32)27-11-5-6-12-27/h3-4,7-10,13H,2,5-6,11-12,14H2,1H3,(H,24,25,30). The van der Waals surface area contributed by atoms with Crippen LogP contribution in [0.15, 0.2) is 47.6 Å². The first kappa shape index (κ1) is 23.1. The van der Waals surface area contributed by atoms with Gasteiger partial charge >= 0.3 is 0 Å². The maximum absolute atomic E-state index is 12.9. The molecule has 0 radical (unpaired) electrons. The van der Waals surface area contributed by atoms with Crippen molar-refractivity contribution in [2.45, 2.75) is 37.2 Å². The molecular formula is C22H23ClN6O3S. The fourth-order valence-corrected chi connectivity index (χ4v) is 5.03. The van der Waals surface area contributed by atoms with Crippen molar-refractivity contribution in [2.24, 2.45) is 0 Å². The lowest BCUT2D eigenvalue weighted by molar-refractivity contribution is -0.384. The van der Waals surface area contributed by atoms with Gasteiger partial charge in [-0.1, -0.05) is 41.6 Å². The molecule has 0 bridgehead atoms. The third-order valence-electron chi connectivity index (χ3n) is 5.45. The highest BCUT2D eigenvalue weighted by Gasteiger charge is 2.24. The van der Waals surface area contributed by atoms with Gasteiger partial charge in [-0.2, -0.15) is 0 Å².